The number of anilines is 1. The van der Waals surface area contributed by atoms with E-state index in [-0.39, 0.29) is 24.0 Å². The molecule has 11 heteroatoms. The van der Waals surface area contributed by atoms with Gasteiger partial charge in [-0.05, 0) is 10.7 Å². The number of carboxylic acids is 1. The van der Waals surface area contributed by atoms with Crippen LogP contribution < -0.4 is 11.1 Å². The molecular weight excluding hydrogens is 338 g/mol. The maximum absolute atomic E-state index is 12.3. The zero-order valence-electron chi connectivity index (χ0n) is 12.3. The van der Waals surface area contributed by atoms with Crippen LogP contribution in [0, 0.1) is 0 Å². The molecular formula is C13H13N5O5S. The van der Waals surface area contributed by atoms with E-state index in [2.05, 4.69) is 22.0 Å². The Morgan fingerprint density at radius 2 is 2.33 bits per heavy atom. The first kappa shape index (κ1) is 16.1. The van der Waals surface area contributed by atoms with Gasteiger partial charge in [-0.2, -0.15) is 4.98 Å². The first-order valence-electron chi connectivity index (χ1n) is 6.83. The van der Waals surface area contributed by atoms with E-state index in [1.165, 1.54) is 22.7 Å². The van der Waals surface area contributed by atoms with Crippen LogP contribution in [0.5, 0.6) is 0 Å². The molecule has 2 aliphatic heterocycles. The minimum atomic E-state index is -1.20. The number of nitrogens with one attached hydrogen (secondary N) is 1. The highest BCUT2D eigenvalue weighted by atomic mass is 32.2. The second-order valence-corrected chi connectivity index (χ2v) is 6.17. The third kappa shape index (κ3) is 2.62. The van der Waals surface area contributed by atoms with Gasteiger partial charge in [0.05, 0.1) is 0 Å². The van der Waals surface area contributed by atoms with Crippen molar-refractivity contribution in [3.63, 3.8) is 0 Å². The van der Waals surface area contributed by atoms with Crippen LogP contribution in [0.2, 0.25) is 0 Å². The van der Waals surface area contributed by atoms with Crippen LogP contribution in [0.25, 0.3) is 0 Å². The quantitative estimate of drug-likeness (QED) is 0.574. The number of nitrogen functional groups attached to an aromatic ring is 1. The van der Waals surface area contributed by atoms with Crippen molar-refractivity contribution in [3.8, 4) is 0 Å². The summed E-state index contributed by atoms with van der Waals surface area (Å²) in [7, 11) is 0. The van der Waals surface area contributed by atoms with E-state index in [0.717, 1.165) is 0 Å². The molecule has 24 heavy (non-hydrogen) atoms. The van der Waals surface area contributed by atoms with Crippen molar-refractivity contribution in [2.75, 3.05) is 11.5 Å². The van der Waals surface area contributed by atoms with Gasteiger partial charge < -0.3 is 20.7 Å². The van der Waals surface area contributed by atoms with Crippen molar-refractivity contribution >= 4 is 35.5 Å². The average molecular weight is 351 g/mol. The minimum absolute atomic E-state index is 0.0324. The summed E-state index contributed by atoms with van der Waals surface area (Å²) in [5.74, 6) is -1.83. The molecule has 2 amide bonds. The molecule has 1 fully saturated rings. The summed E-state index contributed by atoms with van der Waals surface area (Å²) in [6, 6.07) is -0.802. The van der Waals surface area contributed by atoms with E-state index in [0.29, 0.717) is 11.3 Å². The highest BCUT2D eigenvalue weighted by Gasteiger charge is 2.53. The van der Waals surface area contributed by atoms with E-state index in [4.69, 9.17) is 10.3 Å². The zero-order valence-corrected chi connectivity index (χ0v) is 13.1. The summed E-state index contributed by atoms with van der Waals surface area (Å²) in [5, 5.41) is 14.8. The molecule has 0 spiro atoms. The number of carbonyl (C=O) groups is 3. The second-order valence-electron chi connectivity index (χ2n) is 5.06. The number of aliphatic carboxylic acids is 1. The van der Waals surface area contributed by atoms with Crippen LogP contribution in [0.15, 0.2) is 28.4 Å². The zero-order chi connectivity index (χ0) is 17.4. The lowest BCUT2D eigenvalue weighted by atomic mass is 10.0. The predicted octanol–water partition coefficient (Wildman–Crippen LogP) is -0.881. The van der Waals surface area contributed by atoms with Crippen LogP contribution in [-0.4, -0.2) is 55.1 Å². The molecule has 1 aromatic rings. The number of β-lactam (4-membered cyclic amide) rings is 1. The van der Waals surface area contributed by atoms with Gasteiger partial charge in [0.2, 0.25) is 11.8 Å². The van der Waals surface area contributed by atoms with Crippen molar-refractivity contribution in [2.24, 2.45) is 0 Å². The lowest BCUT2D eigenvalue weighted by Crippen LogP contribution is -2.70. The van der Waals surface area contributed by atoms with Crippen LogP contribution >= 0.6 is 11.8 Å². The van der Waals surface area contributed by atoms with Gasteiger partial charge in [-0.3, -0.25) is 14.5 Å². The predicted molar refractivity (Wildman–Crippen MR) is 82.3 cm³/mol. The molecule has 1 saturated heterocycles. The lowest BCUT2D eigenvalue weighted by molar-refractivity contribution is -0.150. The fraction of sp³-hybridized carbons (Fsp3) is 0.308. The van der Waals surface area contributed by atoms with Gasteiger partial charge in [-0.25, -0.2) is 4.79 Å². The van der Waals surface area contributed by atoms with Crippen LogP contribution in [0.3, 0.4) is 0 Å². The van der Waals surface area contributed by atoms with Crippen LogP contribution in [0.4, 0.5) is 5.95 Å². The Morgan fingerprint density at radius 3 is 2.92 bits per heavy atom. The summed E-state index contributed by atoms with van der Waals surface area (Å²) in [6.45, 7) is 3.57. The van der Waals surface area contributed by atoms with Gasteiger partial charge in [0, 0.05) is 5.75 Å². The summed E-state index contributed by atoms with van der Waals surface area (Å²) in [6.07, 6.45) is 1.21. The van der Waals surface area contributed by atoms with Crippen LogP contribution in [-0.2, 0) is 20.8 Å². The molecule has 1 aromatic heterocycles. The largest absolute Gasteiger partial charge is 0.477 e. The number of allylic oxidation sites excluding steroid dienone is 1. The number of thioether (sulfide) groups is 1. The Bertz CT molecular complexity index is 773. The van der Waals surface area contributed by atoms with Crippen molar-refractivity contribution in [1.82, 2.24) is 20.4 Å². The third-order valence-electron chi connectivity index (χ3n) is 3.56. The van der Waals surface area contributed by atoms with E-state index in [9.17, 15) is 19.5 Å². The highest BCUT2D eigenvalue weighted by molar-refractivity contribution is 8.00. The smallest absolute Gasteiger partial charge is 0.352 e. The lowest BCUT2D eigenvalue weighted by Gasteiger charge is -2.49. The van der Waals surface area contributed by atoms with Crippen molar-refractivity contribution in [1.29, 1.82) is 0 Å². The summed E-state index contributed by atoms with van der Waals surface area (Å²) < 4.78 is 4.74. The van der Waals surface area contributed by atoms with Gasteiger partial charge in [0.15, 0.2) is 0 Å². The maximum atomic E-state index is 12.3. The standard InChI is InChI=1S/C13H13N5O5S/c1-2-5-4-24-11-8(10(20)18(11)9(5)12(21)22)15-6(19)3-7-16-13(14)17-23-7/h2,8,11H,1,3-4H2,(H2,14,17)(H,15,19)(H,21,22). The summed E-state index contributed by atoms with van der Waals surface area (Å²) >= 11 is 1.36. The molecule has 4 N–H and O–H groups in total. The first-order chi connectivity index (χ1) is 11.4. The normalized spacial score (nSPS) is 22.7. The van der Waals surface area contributed by atoms with Crippen molar-refractivity contribution < 1.29 is 24.0 Å². The fourth-order valence-corrected chi connectivity index (χ4v) is 3.84. The summed E-state index contributed by atoms with van der Waals surface area (Å²) in [5.41, 5.74) is 5.68. The van der Waals surface area contributed by atoms with Gasteiger partial charge in [-0.1, -0.05) is 12.7 Å². The number of hydrogen-bond acceptors (Lipinski definition) is 8. The molecule has 0 radical (unpaired) electrons. The number of aromatic nitrogens is 2. The number of amides is 2. The molecule has 3 rings (SSSR count). The van der Waals surface area contributed by atoms with E-state index in [1.54, 1.807) is 0 Å². The molecule has 0 aromatic carbocycles. The van der Waals surface area contributed by atoms with Crippen molar-refractivity contribution in [3.05, 3.63) is 29.8 Å². The Labute approximate surface area is 139 Å². The second kappa shape index (κ2) is 6.00. The van der Waals surface area contributed by atoms with Crippen molar-refractivity contribution in [2.45, 2.75) is 17.8 Å². The number of fused-ring (bicyclic) bond motifs is 1. The Balaban J connectivity index is 1.69. The van der Waals surface area contributed by atoms with Gasteiger partial charge in [-0.15, -0.1) is 11.8 Å². The highest BCUT2D eigenvalue weighted by Crippen LogP contribution is 2.40. The number of carboxylic acid groups (broad SMARTS) is 1. The van der Waals surface area contributed by atoms with Gasteiger partial charge >= 0.3 is 5.97 Å². The van der Waals surface area contributed by atoms with E-state index in [1.807, 2.05) is 0 Å². The molecule has 3 heterocycles. The molecule has 2 aliphatic rings. The maximum Gasteiger partial charge on any atom is 0.352 e. The van der Waals surface area contributed by atoms with Crippen LogP contribution in [0.1, 0.15) is 5.89 Å². The SMILES string of the molecule is C=CC1=C(C(=O)O)N2C(=O)C(NC(=O)Cc3nc(N)no3)C2SC1. The molecule has 126 valence electrons. The minimum Gasteiger partial charge on any atom is -0.477 e. The number of nitrogens with two attached hydrogens (primary N) is 1. The first-order valence-corrected chi connectivity index (χ1v) is 7.88. The number of hydrogen-bond donors (Lipinski definition) is 3. The number of carbonyl (C=O) groups excluding carboxylic acids is 2. The number of rotatable bonds is 5. The third-order valence-corrected chi connectivity index (χ3v) is 4.86. The molecule has 2 atom stereocenters. The Kier molecular flexibility index (Phi) is 4.01. The molecule has 0 aliphatic carbocycles. The molecule has 0 saturated carbocycles. The topological polar surface area (TPSA) is 152 Å². The van der Waals surface area contributed by atoms with E-state index >= 15 is 0 Å². The van der Waals surface area contributed by atoms with E-state index < -0.39 is 29.2 Å². The monoisotopic (exact) mass is 351 g/mol. The summed E-state index contributed by atoms with van der Waals surface area (Å²) in [4.78, 5) is 40.5. The molecule has 0 bridgehead atoms. The Morgan fingerprint density at radius 1 is 1.58 bits per heavy atom. The molecule has 10 nitrogen and oxygen atoms in total. The van der Waals surface area contributed by atoms with Gasteiger partial charge in [0.1, 0.15) is 23.5 Å². The Hall–Kier alpha value is -2.82. The van der Waals surface area contributed by atoms with Gasteiger partial charge in [0.25, 0.3) is 11.9 Å². The number of nitrogens with zero attached hydrogens (tertiary/aromatic N) is 3. The fourth-order valence-electron chi connectivity index (χ4n) is 2.50. The average Bonchev–Trinajstić information content (AvgIpc) is 2.95. The molecule has 2 unspecified atom stereocenters.